The highest BCUT2D eigenvalue weighted by atomic mass is 16.3. The zero-order chi connectivity index (χ0) is 23.1. The van der Waals surface area contributed by atoms with Crippen molar-refractivity contribution in [3.8, 4) is 0 Å². The van der Waals surface area contributed by atoms with E-state index in [1.54, 1.807) is 23.2 Å². The lowest BCUT2D eigenvalue weighted by Gasteiger charge is -2.08. The Kier molecular flexibility index (Phi) is 7.86. The molecule has 0 bridgehead atoms. The maximum atomic E-state index is 9.49. The lowest BCUT2D eigenvalue weighted by Crippen LogP contribution is -2.09. The minimum atomic E-state index is -0.590. The Morgan fingerprint density at radius 1 is 0.656 bits per heavy atom. The monoisotopic (exact) mass is 434 g/mol. The molecule has 0 fully saturated rings. The fraction of sp³-hybridized carbons (Fsp3) is 0.333. The number of rotatable bonds is 6. The molecule has 2 heterocycles. The number of hydrogen-bond acceptors (Lipinski definition) is 6. The standard InChI is InChI=1S/2C12H15N3O/c2*1-9-3-5-11(6-4-9)7-15-12(10(2)16)13-8-14-15/h2*3-6,8,10,16H,7H2,1-2H3. The van der Waals surface area contributed by atoms with Crippen molar-refractivity contribution in [1.29, 1.82) is 0 Å². The maximum Gasteiger partial charge on any atom is 0.155 e. The van der Waals surface area contributed by atoms with Crippen molar-refractivity contribution in [2.45, 2.75) is 53.0 Å². The molecule has 8 heteroatoms. The number of aryl methyl sites for hydroxylation is 2. The van der Waals surface area contributed by atoms with Gasteiger partial charge in [0.1, 0.15) is 24.9 Å². The highest BCUT2D eigenvalue weighted by Crippen LogP contribution is 2.12. The third-order valence-electron chi connectivity index (χ3n) is 4.94. The van der Waals surface area contributed by atoms with Crippen LogP contribution in [0.4, 0.5) is 0 Å². The Labute approximate surface area is 188 Å². The minimum Gasteiger partial charge on any atom is -0.385 e. The molecular formula is C24H30N6O2. The van der Waals surface area contributed by atoms with E-state index >= 15 is 0 Å². The Morgan fingerprint density at radius 3 is 1.31 bits per heavy atom. The van der Waals surface area contributed by atoms with Crippen molar-refractivity contribution in [2.75, 3.05) is 0 Å². The second-order valence-corrected chi connectivity index (χ2v) is 7.87. The van der Waals surface area contributed by atoms with Crippen LogP contribution in [0, 0.1) is 13.8 Å². The highest BCUT2D eigenvalue weighted by molar-refractivity contribution is 5.22. The molecule has 4 aromatic rings. The predicted octanol–water partition coefficient (Wildman–Crippen LogP) is 3.38. The van der Waals surface area contributed by atoms with Crippen LogP contribution in [0.2, 0.25) is 0 Å². The molecular weight excluding hydrogens is 404 g/mol. The first-order valence-electron chi connectivity index (χ1n) is 10.6. The summed E-state index contributed by atoms with van der Waals surface area (Å²) in [5, 5.41) is 27.2. The Bertz CT molecular complexity index is 1010. The van der Waals surface area contributed by atoms with E-state index in [-0.39, 0.29) is 0 Å². The molecule has 0 saturated carbocycles. The van der Waals surface area contributed by atoms with Crippen molar-refractivity contribution in [2.24, 2.45) is 0 Å². The molecule has 2 N–H and O–H groups in total. The van der Waals surface area contributed by atoms with Crippen LogP contribution in [0.3, 0.4) is 0 Å². The van der Waals surface area contributed by atoms with E-state index in [0.717, 1.165) is 11.1 Å². The quantitative estimate of drug-likeness (QED) is 0.482. The van der Waals surface area contributed by atoms with Gasteiger partial charge in [0.2, 0.25) is 0 Å². The van der Waals surface area contributed by atoms with E-state index in [4.69, 9.17) is 0 Å². The molecule has 4 rings (SSSR count). The molecule has 32 heavy (non-hydrogen) atoms. The van der Waals surface area contributed by atoms with Gasteiger partial charge < -0.3 is 10.2 Å². The summed E-state index contributed by atoms with van der Waals surface area (Å²) >= 11 is 0. The second-order valence-electron chi connectivity index (χ2n) is 7.87. The summed E-state index contributed by atoms with van der Waals surface area (Å²) in [6.07, 6.45) is 1.76. The van der Waals surface area contributed by atoms with Gasteiger partial charge in [0.25, 0.3) is 0 Å². The average molecular weight is 435 g/mol. The molecule has 0 aliphatic rings. The summed E-state index contributed by atoms with van der Waals surface area (Å²) < 4.78 is 3.44. The van der Waals surface area contributed by atoms with Gasteiger partial charge in [0.05, 0.1) is 13.1 Å². The zero-order valence-corrected chi connectivity index (χ0v) is 18.9. The second kappa shape index (κ2) is 10.8. The minimum absolute atomic E-state index is 0.590. The third kappa shape index (κ3) is 6.32. The predicted molar refractivity (Wildman–Crippen MR) is 122 cm³/mol. The van der Waals surface area contributed by atoms with Crippen molar-refractivity contribution < 1.29 is 10.2 Å². The van der Waals surface area contributed by atoms with Gasteiger partial charge in [0.15, 0.2) is 11.6 Å². The van der Waals surface area contributed by atoms with Gasteiger partial charge in [-0.05, 0) is 38.8 Å². The van der Waals surface area contributed by atoms with Gasteiger partial charge in [-0.25, -0.2) is 19.3 Å². The van der Waals surface area contributed by atoms with Gasteiger partial charge in [0, 0.05) is 0 Å². The molecule has 0 aliphatic heterocycles. The number of aliphatic hydroxyl groups is 2. The van der Waals surface area contributed by atoms with Crippen LogP contribution >= 0.6 is 0 Å². The van der Waals surface area contributed by atoms with E-state index < -0.39 is 12.2 Å². The average Bonchev–Trinajstić information content (AvgIpc) is 3.41. The molecule has 2 aromatic heterocycles. The van der Waals surface area contributed by atoms with E-state index in [1.165, 1.54) is 23.8 Å². The molecule has 0 saturated heterocycles. The number of aliphatic hydroxyl groups excluding tert-OH is 2. The smallest absolute Gasteiger partial charge is 0.155 e. The fourth-order valence-electron chi connectivity index (χ4n) is 3.17. The van der Waals surface area contributed by atoms with Crippen LogP contribution in [0.5, 0.6) is 0 Å². The summed E-state index contributed by atoms with van der Waals surface area (Å²) in [4.78, 5) is 8.06. The van der Waals surface area contributed by atoms with E-state index in [1.807, 2.05) is 0 Å². The van der Waals surface area contributed by atoms with E-state index in [9.17, 15) is 10.2 Å². The summed E-state index contributed by atoms with van der Waals surface area (Å²) in [6, 6.07) is 16.5. The first-order valence-corrected chi connectivity index (χ1v) is 10.6. The number of nitrogens with zero attached hydrogens (tertiary/aromatic N) is 6. The molecule has 0 spiro atoms. The lowest BCUT2D eigenvalue weighted by molar-refractivity contribution is 0.182. The first kappa shape index (κ1) is 23.3. The van der Waals surface area contributed by atoms with Gasteiger partial charge in [-0.2, -0.15) is 10.2 Å². The fourth-order valence-corrected chi connectivity index (χ4v) is 3.17. The third-order valence-corrected chi connectivity index (χ3v) is 4.94. The largest absolute Gasteiger partial charge is 0.385 e. The van der Waals surface area contributed by atoms with Crippen molar-refractivity contribution in [3.63, 3.8) is 0 Å². The Hall–Kier alpha value is -3.36. The van der Waals surface area contributed by atoms with E-state index in [2.05, 4.69) is 82.5 Å². The molecule has 2 aromatic carbocycles. The molecule has 2 atom stereocenters. The van der Waals surface area contributed by atoms with Gasteiger partial charge in [-0.15, -0.1) is 0 Å². The number of hydrogen-bond donors (Lipinski definition) is 2. The maximum absolute atomic E-state index is 9.49. The highest BCUT2D eigenvalue weighted by Gasteiger charge is 2.10. The van der Waals surface area contributed by atoms with Crippen LogP contribution < -0.4 is 0 Å². The summed E-state index contributed by atoms with van der Waals surface area (Å²) in [7, 11) is 0. The summed E-state index contributed by atoms with van der Waals surface area (Å²) in [5.74, 6) is 1.20. The summed E-state index contributed by atoms with van der Waals surface area (Å²) in [6.45, 7) is 8.77. The summed E-state index contributed by atoms with van der Waals surface area (Å²) in [5.41, 5.74) is 4.77. The van der Waals surface area contributed by atoms with Gasteiger partial charge in [-0.3, -0.25) is 0 Å². The van der Waals surface area contributed by atoms with Crippen LogP contribution in [-0.4, -0.2) is 39.7 Å². The number of aromatic nitrogens is 6. The zero-order valence-electron chi connectivity index (χ0n) is 18.9. The van der Waals surface area contributed by atoms with Crippen molar-refractivity contribution in [1.82, 2.24) is 29.5 Å². The topological polar surface area (TPSA) is 102 Å². The SMILES string of the molecule is Cc1ccc(Cn2ncnc2C(C)O)cc1.Cc1ccc(Cn2ncnc2C(C)O)cc1. The molecule has 0 amide bonds. The number of benzene rings is 2. The van der Waals surface area contributed by atoms with Crippen LogP contribution in [0.25, 0.3) is 0 Å². The van der Waals surface area contributed by atoms with Crippen LogP contribution in [-0.2, 0) is 13.1 Å². The molecule has 0 radical (unpaired) electrons. The molecule has 0 aliphatic carbocycles. The van der Waals surface area contributed by atoms with Crippen LogP contribution in [0.15, 0.2) is 61.2 Å². The molecule has 2 unspecified atom stereocenters. The Morgan fingerprint density at radius 2 is 1.00 bits per heavy atom. The van der Waals surface area contributed by atoms with Crippen LogP contribution in [0.1, 0.15) is 60.0 Å². The van der Waals surface area contributed by atoms with E-state index in [0.29, 0.717) is 24.7 Å². The first-order chi connectivity index (χ1) is 15.3. The van der Waals surface area contributed by atoms with Gasteiger partial charge in [-0.1, -0.05) is 59.7 Å². The lowest BCUT2D eigenvalue weighted by atomic mass is 10.1. The van der Waals surface area contributed by atoms with Crippen molar-refractivity contribution >= 4 is 0 Å². The molecule has 168 valence electrons. The molecule has 8 nitrogen and oxygen atoms in total. The van der Waals surface area contributed by atoms with Gasteiger partial charge >= 0.3 is 0 Å². The van der Waals surface area contributed by atoms with Crippen molar-refractivity contribution in [3.05, 3.63) is 95.1 Å². The Balaban J connectivity index is 0.000000181. The normalized spacial score (nSPS) is 12.7.